The number of nitrogens with one attached hydrogen (secondary N) is 2. The number of carboxylic acids is 1. The van der Waals surface area contributed by atoms with Crippen LogP contribution in [0, 0.1) is 0 Å². The Hall–Kier alpha value is -2.94. The van der Waals surface area contributed by atoms with Crippen molar-refractivity contribution in [3.8, 4) is 0 Å². The monoisotopic (exact) mass is 399 g/mol. The summed E-state index contributed by atoms with van der Waals surface area (Å²) in [4.78, 5) is 36.5. The van der Waals surface area contributed by atoms with Gasteiger partial charge in [0.15, 0.2) is 0 Å². The summed E-state index contributed by atoms with van der Waals surface area (Å²) in [5, 5.41) is 20.3. The lowest BCUT2D eigenvalue weighted by molar-refractivity contribution is -0.138. The zero-order valence-electron chi connectivity index (χ0n) is 16.4. The molecule has 2 fully saturated rings. The zero-order chi connectivity index (χ0) is 20.5. The van der Waals surface area contributed by atoms with Gasteiger partial charge in [-0.15, -0.1) is 0 Å². The van der Waals surface area contributed by atoms with Gasteiger partial charge in [-0.05, 0) is 37.5 Å². The molecule has 0 saturated carbocycles. The number of aromatic nitrogens is 2. The zero-order valence-corrected chi connectivity index (χ0v) is 16.4. The second-order valence-corrected chi connectivity index (χ2v) is 7.83. The number of nitrogens with zero attached hydrogens (tertiary/aromatic N) is 3. The van der Waals surface area contributed by atoms with Crippen LogP contribution in [0.5, 0.6) is 0 Å². The molecule has 0 bridgehead atoms. The Morgan fingerprint density at radius 2 is 2.03 bits per heavy atom. The molecule has 2 aliphatic rings. The Bertz CT molecular complexity index is 961. The molecule has 1 aromatic carbocycles. The van der Waals surface area contributed by atoms with E-state index in [-0.39, 0.29) is 18.4 Å². The third kappa shape index (κ3) is 4.09. The number of carbonyl (C=O) groups is 3. The maximum Gasteiger partial charge on any atom is 0.317 e. The smallest absolute Gasteiger partial charge is 0.317 e. The molecular weight excluding hydrogens is 374 g/mol. The number of piperidine rings is 2. The van der Waals surface area contributed by atoms with Crippen molar-refractivity contribution in [2.24, 2.45) is 7.05 Å². The molecule has 1 unspecified atom stereocenters. The molecule has 29 heavy (non-hydrogen) atoms. The summed E-state index contributed by atoms with van der Waals surface area (Å²) in [6.07, 6.45) is 2.58. The number of carboxylic acid groups (broad SMARTS) is 1. The Balaban J connectivity index is 1.48. The third-order valence-corrected chi connectivity index (χ3v) is 5.77. The van der Waals surface area contributed by atoms with E-state index >= 15 is 0 Å². The van der Waals surface area contributed by atoms with E-state index in [4.69, 9.17) is 5.11 Å². The number of fused-ring (bicyclic) bond motifs is 1. The maximum absolute atomic E-state index is 12.2. The molecule has 9 nitrogen and oxygen atoms in total. The number of aliphatic carboxylic acids is 1. The molecule has 0 radical (unpaired) electrons. The Kier molecular flexibility index (Phi) is 5.23. The van der Waals surface area contributed by atoms with Gasteiger partial charge in [-0.2, -0.15) is 5.10 Å². The number of likely N-dealkylation sites (tertiary alicyclic amines) is 1. The van der Waals surface area contributed by atoms with Gasteiger partial charge in [0.2, 0.25) is 11.8 Å². The van der Waals surface area contributed by atoms with Gasteiger partial charge < -0.3 is 10.4 Å². The van der Waals surface area contributed by atoms with Crippen molar-refractivity contribution in [3.63, 3.8) is 0 Å². The van der Waals surface area contributed by atoms with Crippen molar-refractivity contribution in [2.45, 2.75) is 37.6 Å². The summed E-state index contributed by atoms with van der Waals surface area (Å²) in [6, 6.07) is 6.29. The normalized spacial score (nSPS) is 21.3. The summed E-state index contributed by atoms with van der Waals surface area (Å²) in [5.74, 6) is -1.71. The molecule has 2 saturated heterocycles. The minimum Gasteiger partial charge on any atom is -0.480 e. The first kappa shape index (κ1) is 19.4. The van der Waals surface area contributed by atoms with E-state index in [1.54, 1.807) is 4.68 Å². The standard InChI is InChI=1S/C20H25N5O4/c1-24-16-10-13(21-12-6-8-25(9-7-12)11-18(27)28)2-3-14(16)19(23-24)15-4-5-17(26)22-20(15)29/h2-3,10,12,15,21H,4-9,11H2,1H3,(H,27,28)(H,22,26,29). The van der Waals surface area contributed by atoms with Crippen LogP contribution in [-0.2, 0) is 21.4 Å². The van der Waals surface area contributed by atoms with Crippen LogP contribution in [0.1, 0.15) is 37.3 Å². The van der Waals surface area contributed by atoms with Gasteiger partial charge in [0, 0.05) is 43.7 Å². The van der Waals surface area contributed by atoms with Gasteiger partial charge in [0.25, 0.3) is 0 Å². The van der Waals surface area contributed by atoms with E-state index < -0.39 is 11.9 Å². The highest BCUT2D eigenvalue weighted by Gasteiger charge is 2.31. The van der Waals surface area contributed by atoms with Crippen LogP contribution in [0.15, 0.2) is 18.2 Å². The van der Waals surface area contributed by atoms with E-state index in [9.17, 15) is 14.4 Å². The minimum atomic E-state index is -0.787. The third-order valence-electron chi connectivity index (χ3n) is 5.77. The van der Waals surface area contributed by atoms with Crippen LogP contribution in [0.2, 0.25) is 0 Å². The predicted molar refractivity (Wildman–Crippen MR) is 107 cm³/mol. The fourth-order valence-electron chi connectivity index (χ4n) is 4.25. The van der Waals surface area contributed by atoms with Crippen molar-refractivity contribution < 1.29 is 19.5 Å². The molecule has 1 atom stereocenters. The first-order valence-electron chi connectivity index (χ1n) is 9.92. The van der Waals surface area contributed by atoms with Gasteiger partial charge in [0.05, 0.1) is 23.7 Å². The summed E-state index contributed by atoms with van der Waals surface area (Å²) in [5.41, 5.74) is 2.62. The highest BCUT2D eigenvalue weighted by molar-refractivity contribution is 6.02. The fourth-order valence-corrected chi connectivity index (χ4v) is 4.25. The molecule has 1 aromatic heterocycles. The van der Waals surface area contributed by atoms with E-state index in [1.165, 1.54) is 0 Å². The minimum absolute atomic E-state index is 0.0941. The lowest BCUT2D eigenvalue weighted by Crippen LogP contribution is -2.41. The molecule has 4 rings (SSSR count). The van der Waals surface area contributed by atoms with E-state index in [0.717, 1.165) is 42.5 Å². The van der Waals surface area contributed by atoms with Gasteiger partial charge in [-0.25, -0.2) is 0 Å². The van der Waals surface area contributed by atoms with Crippen LogP contribution in [0.3, 0.4) is 0 Å². The summed E-state index contributed by atoms with van der Waals surface area (Å²) in [6.45, 7) is 1.62. The summed E-state index contributed by atoms with van der Waals surface area (Å²) in [7, 11) is 1.85. The lowest BCUT2D eigenvalue weighted by atomic mass is 9.93. The van der Waals surface area contributed by atoms with Crippen LogP contribution in [0.4, 0.5) is 5.69 Å². The number of carbonyl (C=O) groups excluding carboxylic acids is 2. The first-order chi connectivity index (χ1) is 13.9. The first-order valence-corrected chi connectivity index (χ1v) is 9.92. The molecule has 9 heteroatoms. The van der Waals surface area contributed by atoms with Crippen LogP contribution < -0.4 is 10.6 Å². The number of benzene rings is 1. The number of hydrogen-bond acceptors (Lipinski definition) is 6. The van der Waals surface area contributed by atoms with Gasteiger partial charge in [-0.1, -0.05) is 0 Å². The maximum atomic E-state index is 12.2. The number of anilines is 1. The lowest BCUT2D eigenvalue weighted by Gasteiger charge is -2.31. The van der Waals surface area contributed by atoms with E-state index in [0.29, 0.717) is 24.6 Å². The number of amides is 2. The highest BCUT2D eigenvalue weighted by atomic mass is 16.4. The van der Waals surface area contributed by atoms with Crippen molar-refractivity contribution in [1.82, 2.24) is 20.0 Å². The highest BCUT2D eigenvalue weighted by Crippen LogP contribution is 2.31. The van der Waals surface area contributed by atoms with Gasteiger partial charge in [-0.3, -0.25) is 29.3 Å². The van der Waals surface area contributed by atoms with Crippen LogP contribution >= 0.6 is 0 Å². The van der Waals surface area contributed by atoms with E-state index in [1.807, 2.05) is 30.1 Å². The summed E-state index contributed by atoms with van der Waals surface area (Å²) < 4.78 is 1.77. The molecule has 2 amide bonds. The number of aryl methyl sites for hydroxylation is 1. The largest absolute Gasteiger partial charge is 0.480 e. The molecule has 2 aliphatic heterocycles. The van der Waals surface area contributed by atoms with Gasteiger partial charge >= 0.3 is 5.97 Å². The average molecular weight is 399 g/mol. The Morgan fingerprint density at radius 3 is 2.72 bits per heavy atom. The molecule has 2 aromatic rings. The molecule has 3 N–H and O–H groups in total. The van der Waals surface area contributed by atoms with Crippen molar-refractivity contribution >= 4 is 34.4 Å². The topological polar surface area (TPSA) is 117 Å². The van der Waals surface area contributed by atoms with Crippen molar-refractivity contribution in [1.29, 1.82) is 0 Å². The molecule has 0 aliphatic carbocycles. The Morgan fingerprint density at radius 1 is 1.28 bits per heavy atom. The van der Waals surface area contributed by atoms with E-state index in [2.05, 4.69) is 15.7 Å². The number of rotatable bonds is 5. The Labute approximate surface area is 168 Å². The van der Waals surface area contributed by atoms with Gasteiger partial charge in [0.1, 0.15) is 0 Å². The molecule has 3 heterocycles. The quantitative estimate of drug-likeness (QED) is 0.644. The van der Waals surface area contributed by atoms with Crippen molar-refractivity contribution in [2.75, 3.05) is 25.0 Å². The second-order valence-electron chi connectivity index (χ2n) is 7.83. The van der Waals surface area contributed by atoms with Crippen LogP contribution in [0.25, 0.3) is 10.9 Å². The van der Waals surface area contributed by atoms with Crippen molar-refractivity contribution in [3.05, 3.63) is 23.9 Å². The number of hydrogen-bond donors (Lipinski definition) is 3. The van der Waals surface area contributed by atoms with Crippen LogP contribution in [-0.4, -0.2) is 63.2 Å². The fraction of sp³-hybridized carbons (Fsp3) is 0.500. The summed E-state index contributed by atoms with van der Waals surface area (Å²) >= 11 is 0. The number of imide groups is 1. The molecule has 154 valence electrons. The molecule has 0 spiro atoms. The molecular formula is C20H25N5O4. The average Bonchev–Trinajstić information content (AvgIpc) is 2.99. The predicted octanol–water partition coefficient (Wildman–Crippen LogP) is 1.05. The second kappa shape index (κ2) is 7.82. The SMILES string of the molecule is Cn1nc(C2CCC(=O)NC2=O)c2ccc(NC3CCN(CC(=O)O)CC3)cc21.